The Kier molecular flexibility index (Phi) is 5.88. The minimum atomic E-state index is -4.91. The van der Waals surface area contributed by atoms with Crippen LogP contribution in [0.5, 0.6) is 5.75 Å². The van der Waals surface area contributed by atoms with E-state index in [0.717, 1.165) is 18.2 Å². The topological polar surface area (TPSA) is 207 Å². The van der Waals surface area contributed by atoms with Crippen LogP contribution in [0.1, 0.15) is 6.92 Å². The summed E-state index contributed by atoms with van der Waals surface area (Å²) < 4.78 is 66.2. The van der Waals surface area contributed by atoms with E-state index in [1.165, 1.54) is 31.2 Å². The molecule has 1 amide bonds. The van der Waals surface area contributed by atoms with Gasteiger partial charge < -0.3 is 16.2 Å². The van der Waals surface area contributed by atoms with Crippen molar-refractivity contribution in [2.45, 2.75) is 16.7 Å². The predicted molar refractivity (Wildman–Crippen MR) is 113 cm³/mol. The summed E-state index contributed by atoms with van der Waals surface area (Å²) >= 11 is 0. The Morgan fingerprint density at radius 2 is 1.59 bits per heavy atom. The first-order valence-corrected chi connectivity index (χ1v) is 11.4. The molecule has 3 rings (SSSR count). The Balaban J connectivity index is 2.23. The van der Waals surface area contributed by atoms with Crippen molar-refractivity contribution in [3.63, 3.8) is 0 Å². The Bertz CT molecular complexity index is 1500. The average Bonchev–Trinajstić information content (AvgIpc) is 2.65. The van der Waals surface area contributed by atoms with E-state index in [1.54, 1.807) is 0 Å². The van der Waals surface area contributed by atoms with E-state index in [9.17, 15) is 35.8 Å². The zero-order valence-corrected chi connectivity index (χ0v) is 17.8. The molecule has 0 aliphatic heterocycles. The number of phenols is 1. The molecule has 0 aliphatic carbocycles. The minimum Gasteiger partial charge on any atom is -0.505 e. The molecule has 0 aromatic heterocycles. The zero-order chi connectivity index (χ0) is 23.8. The fraction of sp³-hybridized carbons (Fsp3) is 0.0556. The van der Waals surface area contributed by atoms with Gasteiger partial charge in [0.15, 0.2) is 5.75 Å². The van der Waals surface area contributed by atoms with Gasteiger partial charge in [0.1, 0.15) is 21.2 Å². The van der Waals surface area contributed by atoms with Crippen molar-refractivity contribution in [1.29, 1.82) is 0 Å². The van der Waals surface area contributed by atoms with Crippen molar-refractivity contribution >= 4 is 59.7 Å². The number of amides is 1. The summed E-state index contributed by atoms with van der Waals surface area (Å²) in [7, 11) is -9.75. The second-order valence-electron chi connectivity index (χ2n) is 6.52. The molecule has 0 atom stereocenters. The molecule has 0 heterocycles. The molecule has 3 aromatic rings. The van der Waals surface area contributed by atoms with Crippen LogP contribution >= 0.6 is 0 Å². The summed E-state index contributed by atoms with van der Waals surface area (Å²) in [5.41, 5.74) is 6.54. The highest BCUT2D eigenvalue weighted by molar-refractivity contribution is 7.86. The van der Waals surface area contributed by atoms with Gasteiger partial charge in [0.05, 0.1) is 5.69 Å². The fourth-order valence-corrected chi connectivity index (χ4v) is 4.14. The summed E-state index contributed by atoms with van der Waals surface area (Å²) in [6.07, 6.45) is 0. The Hall–Kier alpha value is -3.59. The Morgan fingerprint density at radius 1 is 0.938 bits per heavy atom. The van der Waals surface area contributed by atoms with E-state index in [-0.39, 0.29) is 22.1 Å². The summed E-state index contributed by atoms with van der Waals surface area (Å²) in [4.78, 5) is 9.60. The standard InChI is InChI=1S/C18H15N4O8S2/c1-9(23)20-12-3-5-14(15(8-12)31(25,26)27)21-22-17-16(32(28,29)30)7-10-6-11(19)2-4-13(10)18(17)24/h2-8,19,24H,1H3,(H,20,23)(H,25,26,27)(H,28,29,30). The van der Waals surface area contributed by atoms with Gasteiger partial charge in [0.2, 0.25) is 5.91 Å². The molecule has 5 N–H and O–H groups in total. The highest BCUT2D eigenvalue weighted by Gasteiger charge is 2.23. The number of azo groups is 1. The molecule has 0 saturated heterocycles. The molecule has 3 aromatic carbocycles. The monoisotopic (exact) mass is 479 g/mol. The van der Waals surface area contributed by atoms with Crippen LogP contribution in [0.15, 0.2) is 62.5 Å². The molecule has 32 heavy (non-hydrogen) atoms. The van der Waals surface area contributed by atoms with E-state index < -0.39 is 53.1 Å². The molecular weight excluding hydrogens is 464 g/mol. The van der Waals surface area contributed by atoms with Gasteiger partial charge in [-0.25, -0.2) is 0 Å². The van der Waals surface area contributed by atoms with E-state index in [0.29, 0.717) is 0 Å². The van der Waals surface area contributed by atoms with Crippen LogP contribution in [-0.2, 0) is 25.0 Å². The van der Waals surface area contributed by atoms with Crippen LogP contribution in [0.4, 0.5) is 22.7 Å². The quantitative estimate of drug-likeness (QED) is 0.314. The Morgan fingerprint density at radius 3 is 2.19 bits per heavy atom. The number of aromatic hydroxyl groups is 1. The molecule has 12 nitrogen and oxygen atoms in total. The number of phenolic OH excluding ortho intramolecular Hbond substituents is 1. The normalized spacial score (nSPS) is 12.3. The smallest absolute Gasteiger partial charge is 0.296 e. The summed E-state index contributed by atoms with van der Waals surface area (Å²) in [6, 6.07) is 8.12. The van der Waals surface area contributed by atoms with Crippen molar-refractivity contribution in [2.75, 3.05) is 5.32 Å². The van der Waals surface area contributed by atoms with Crippen LogP contribution < -0.4 is 11.1 Å². The van der Waals surface area contributed by atoms with E-state index in [2.05, 4.69) is 15.5 Å². The Labute approximate surface area is 181 Å². The van der Waals surface area contributed by atoms with E-state index >= 15 is 0 Å². The molecule has 0 spiro atoms. The predicted octanol–water partition coefficient (Wildman–Crippen LogP) is 3.33. The molecule has 14 heteroatoms. The van der Waals surface area contributed by atoms with Gasteiger partial charge in [0, 0.05) is 18.0 Å². The van der Waals surface area contributed by atoms with Crippen molar-refractivity contribution in [2.24, 2.45) is 10.2 Å². The molecule has 0 bridgehead atoms. The molecule has 1 radical (unpaired) electrons. The third-order valence-corrected chi connectivity index (χ3v) is 5.89. The first-order valence-electron chi connectivity index (χ1n) is 8.57. The maximum absolute atomic E-state index is 11.8. The second-order valence-corrected chi connectivity index (χ2v) is 9.30. The largest absolute Gasteiger partial charge is 0.505 e. The molecular formula is C18H15N4O8S2. The maximum atomic E-state index is 11.8. The number of rotatable bonds is 5. The van der Waals surface area contributed by atoms with E-state index in [1.807, 2.05) is 0 Å². The summed E-state index contributed by atoms with van der Waals surface area (Å²) in [5, 5.41) is 20.3. The lowest BCUT2D eigenvalue weighted by molar-refractivity contribution is -0.114. The van der Waals surface area contributed by atoms with Crippen LogP contribution in [0, 0.1) is 0 Å². The number of carbonyl (C=O) groups excluding carboxylic acids is 1. The van der Waals surface area contributed by atoms with Crippen LogP contribution in [0.3, 0.4) is 0 Å². The van der Waals surface area contributed by atoms with Crippen molar-refractivity contribution < 1.29 is 35.8 Å². The first-order chi connectivity index (χ1) is 14.8. The lowest BCUT2D eigenvalue weighted by Gasteiger charge is -2.10. The van der Waals surface area contributed by atoms with Gasteiger partial charge in [-0.2, -0.15) is 16.8 Å². The zero-order valence-electron chi connectivity index (χ0n) is 16.1. The van der Waals surface area contributed by atoms with Gasteiger partial charge in [-0.15, -0.1) is 10.2 Å². The molecule has 167 valence electrons. The van der Waals surface area contributed by atoms with Gasteiger partial charge in [-0.05, 0) is 47.9 Å². The van der Waals surface area contributed by atoms with Gasteiger partial charge in [-0.1, -0.05) is 0 Å². The highest BCUT2D eigenvalue weighted by Crippen LogP contribution is 2.42. The summed E-state index contributed by atoms with van der Waals surface area (Å²) in [6.45, 7) is 1.18. The molecule has 0 unspecified atom stereocenters. The lowest BCUT2D eigenvalue weighted by atomic mass is 10.1. The fourth-order valence-electron chi connectivity index (χ4n) is 2.83. The van der Waals surface area contributed by atoms with Crippen LogP contribution in [-0.4, -0.2) is 37.0 Å². The van der Waals surface area contributed by atoms with Crippen molar-refractivity contribution in [3.05, 3.63) is 42.5 Å². The number of fused-ring (bicyclic) bond motifs is 1. The third kappa shape index (κ3) is 4.83. The lowest BCUT2D eigenvalue weighted by Crippen LogP contribution is -2.07. The number of anilines is 1. The second kappa shape index (κ2) is 8.16. The van der Waals surface area contributed by atoms with Crippen LogP contribution in [0.2, 0.25) is 0 Å². The average molecular weight is 479 g/mol. The van der Waals surface area contributed by atoms with Crippen molar-refractivity contribution in [3.8, 4) is 5.75 Å². The first kappa shape index (κ1) is 23.1. The number of nitrogens with zero attached hydrogens (tertiary/aromatic N) is 2. The third-order valence-electron chi connectivity index (χ3n) is 4.14. The van der Waals surface area contributed by atoms with E-state index in [4.69, 9.17) is 5.73 Å². The number of benzene rings is 3. The number of nitrogens with one attached hydrogen (secondary N) is 2. The highest BCUT2D eigenvalue weighted by atomic mass is 32.2. The van der Waals surface area contributed by atoms with Crippen LogP contribution in [0.25, 0.3) is 10.8 Å². The van der Waals surface area contributed by atoms with Gasteiger partial charge in [-0.3, -0.25) is 13.9 Å². The molecule has 0 aliphatic rings. The maximum Gasteiger partial charge on any atom is 0.296 e. The number of hydrogen-bond donors (Lipinski definition) is 4. The van der Waals surface area contributed by atoms with Gasteiger partial charge >= 0.3 is 0 Å². The SMILES string of the molecule is CC(=O)Nc1ccc(N=Nc2c(S(=O)(=O)O)cc3cc([NH])ccc3c2O)c(S(=O)(=O)O)c1. The minimum absolute atomic E-state index is 0.0182. The van der Waals surface area contributed by atoms with Gasteiger partial charge in [0.25, 0.3) is 20.2 Å². The number of carbonyl (C=O) groups is 1. The van der Waals surface area contributed by atoms with Crippen molar-refractivity contribution in [1.82, 2.24) is 5.73 Å². The molecule has 0 fully saturated rings. The summed E-state index contributed by atoms with van der Waals surface area (Å²) in [5.74, 6) is -1.20. The number of hydrogen-bond acceptors (Lipinski definition) is 8. The molecule has 0 saturated carbocycles.